The molecule has 3 nitrogen and oxygen atoms in total. The number of nitrogens with zero attached hydrogens (tertiary/aromatic N) is 2. The van der Waals surface area contributed by atoms with Gasteiger partial charge in [0.15, 0.2) is 0 Å². The number of pyridine rings is 1. The predicted molar refractivity (Wildman–Crippen MR) is 84.7 cm³/mol. The summed E-state index contributed by atoms with van der Waals surface area (Å²) < 4.78 is 0. The first-order valence-corrected chi connectivity index (χ1v) is 7.84. The van der Waals surface area contributed by atoms with Crippen LogP contribution in [-0.2, 0) is 6.54 Å². The third-order valence-corrected chi connectivity index (χ3v) is 4.67. The SMILES string of the molecule is CCC1(C)CN(Cc2ccc(C)nc2)C(C(C)C)CN1. The maximum atomic E-state index is 4.43. The van der Waals surface area contributed by atoms with E-state index in [0.29, 0.717) is 12.0 Å². The molecule has 1 N–H and O–H groups in total. The van der Waals surface area contributed by atoms with E-state index in [9.17, 15) is 0 Å². The molecule has 0 radical (unpaired) electrons. The molecule has 1 aromatic heterocycles. The van der Waals surface area contributed by atoms with E-state index < -0.39 is 0 Å². The highest BCUT2D eigenvalue weighted by molar-refractivity contribution is 5.14. The lowest BCUT2D eigenvalue weighted by atomic mass is 9.89. The predicted octanol–water partition coefficient (Wildman–Crippen LogP) is 2.99. The number of aromatic nitrogens is 1. The van der Waals surface area contributed by atoms with Crippen LogP contribution in [0.3, 0.4) is 0 Å². The normalized spacial score (nSPS) is 28.0. The molecule has 112 valence electrons. The van der Waals surface area contributed by atoms with Crippen molar-refractivity contribution in [3.8, 4) is 0 Å². The monoisotopic (exact) mass is 275 g/mol. The van der Waals surface area contributed by atoms with Crippen molar-refractivity contribution in [3.63, 3.8) is 0 Å². The summed E-state index contributed by atoms with van der Waals surface area (Å²) in [6, 6.07) is 4.93. The van der Waals surface area contributed by atoms with E-state index in [4.69, 9.17) is 0 Å². The van der Waals surface area contributed by atoms with Gasteiger partial charge in [0.25, 0.3) is 0 Å². The topological polar surface area (TPSA) is 28.2 Å². The molecule has 0 bridgehead atoms. The second-order valence-electron chi connectivity index (χ2n) is 6.82. The van der Waals surface area contributed by atoms with Crippen molar-refractivity contribution in [2.24, 2.45) is 5.92 Å². The van der Waals surface area contributed by atoms with Crippen molar-refractivity contribution in [2.45, 2.75) is 59.2 Å². The number of rotatable bonds is 4. The summed E-state index contributed by atoms with van der Waals surface area (Å²) in [7, 11) is 0. The van der Waals surface area contributed by atoms with Gasteiger partial charge in [0, 0.05) is 43.1 Å². The van der Waals surface area contributed by atoms with Crippen molar-refractivity contribution in [3.05, 3.63) is 29.6 Å². The van der Waals surface area contributed by atoms with Gasteiger partial charge in [-0.3, -0.25) is 9.88 Å². The van der Waals surface area contributed by atoms with E-state index in [0.717, 1.165) is 25.3 Å². The second-order valence-corrected chi connectivity index (χ2v) is 6.82. The molecular weight excluding hydrogens is 246 g/mol. The van der Waals surface area contributed by atoms with E-state index in [1.54, 1.807) is 0 Å². The van der Waals surface area contributed by atoms with Crippen LogP contribution in [0.5, 0.6) is 0 Å². The van der Waals surface area contributed by atoms with E-state index in [-0.39, 0.29) is 5.54 Å². The quantitative estimate of drug-likeness (QED) is 0.915. The standard InChI is InChI=1S/C17H29N3/c1-6-17(5)12-20(16(10-19-17)13(2)3)11-15-8-7-14(4)18-9-15/h7-9,13,16,19H,6,10-12H2,1-5H3. The Morgan fingerprint density at radius 2 is 2.20 bits per heavy atom. The Hall–Kier alpha value is -0.930. The molecule has 20 heavy (non-hydrogen) atoms. The molecule has 3 heteroatoms. The van der Waals surface area contributed by atoms with Gasteiger partial charge < -0.3 is 5.32 Å². The highest BCUT2D eigenvalue weighted by Gasteiger charge is 2.35. The zero-order valence-corrected chi connectivity index (χ0v) is 13.6. The molecule has 0 amide bonds. The van der Waals surface area contributed by atoms with Crippen molar-refractivity contribution in [2.75, 3.05) is 13.1 Å². The number of hydrogen-bond acceptors (Lipinski definition) is 3. The largest absolute Gasteiger partial charge is 0.309 e. The molecule has 1 aliphatic rings. The maximum absolute atomic E-state index is 4.43. The van der Waals surface area contributed by atoms with Crippen LogP contribution in [0.25, 0.3) is 0 Å². The van der Waals surface area contributed by atoms with Crippen LogP contribution in [0, 0.1) is 12.8 Å². The van der Waals surface area contributed by atoms with E-state index in [1.165, 1.54) is 12.0 Å². The third-order valence-electron chi connectivity index (χ3n) is 4.67. The molecule has 0 saturated carbocycles. The number of aryl methyl sites for hydroxylation is 1. The molecule has 0 spiro atoms. The van der Waals surface area contributed by atoms with Crippen molar-refractivity contribution < 1.29 is 0 Å². The summed E-state index contributed by atoms with van der Waals surface area (Å²) >= 11 is 0. The lowest BCUT2D eigenvalue weighted by molar-refractivity contribution is 0.0538. The van der Waals surface area contributed by atoms with Gasteiger partial charge in [0.05, 0.1) is 0 Å². The summed E-state index contributed by atoms with van der Waals surface area (Å²) in [5.74, 6) is 0.669. The second kappa shape index (κ2) is 6.23. The first kappa shape index (κ1) is 15.5. The average Bonchev–Trinajstić information content (AvgIpc) is 2.41. The number of hydrogen-bond donors (Lipinski definition) is 1. The maximum Gasteiger partial charge on any atom is 0.0372 e. The summed E-state index contributed by atoms with van der Waals surface area (Å²) in [5, 5.41) is 3.74. The Morgan fingerprint density at radius 3 is 2.75 bits per heavy atom. The summed E-state index contributed by atoms with van der Waals surface area (Å²) in [5.41, 5.74) is 2.65. The number of nitrogens with one attached hydrogen (secondary N) is 1. The van der Waals surface area contributed by atoms with Crippen molar-refractivity contribution >= 4 is 0 Å². The third kappa shape index (κ3) is 3.58. The van der Waals surface area contributed by atoms with Crippen LogP contribution >= 0.6 is 0 Å². The van der Waals surface area contributed by atoms with Crippen molar-refractivity contribution in [1.82, 2.24) is 15.2 Å². The first-order chi connectivity index (χ1) is 9.43. The van der Waals surface area contributed by atoms with E-state index in [1.807, 2.05) is 13.1 Å². The van der Waals surface area contributed by atoms with Crippen LogP contribution in [0.1, 0.15) is 45.4 Å². The number of piperazine rings is 1. The summed E-state index contributed by atoms with van der Waals surface area (Å²) in [4.78, 5) is 7.06. The molecule has 1 fully saturated rings. The van der Waals surface area contributed by atoms with Crippen LogP contribution in [0.4, 0.5) is 0 Å². The molecule has 1 aromatic rings. The van der Waals surface area contributed by atoms with Gasteiger partial charge in [-0.25, -0.2) is 0 Å². The Bertz CT molecular complexity index is 426. The van der Waals surface area contributed by atoms with Crippen LogP contribution in [0.2, 0.25) is 0 Å². The van der Waals surface area contributed by atoms with Crippen LogP contribution in [0.15, 0.2) is 18.3 Å². The zero-order chi connectivity index (χ0) is 14.8. The fraction of sp³-hybridized carbons (Fsp3) is 0.706. The zero-order valence-electron chi connectivity index (χ0n) is 13.6. The minimum absolute atomic E-state index is 0.240. The van der Waals surface area contributed by atoms with Gasteiger partial charge in [-0.2, -0.15) is 0 Å². The Balaban J connectivity index is 2.13. The van der Waals surface area contributed by atoms with Gasteiger partial charge in [0.2, 0.25) is 0 Å². The molecule has 2 atom stereocenters. The lowest BCUT2D eigenvalue weighted by Gasteiger charge is -2.47. The average molecular weight is 275 g/mol. The smallest absolute Gasteiger partial charge is 0.0372 e. The summed E-state index contributed by atoms with van der Waals surface area (Å²) in [6.45, 7) is 14.5. The molecular formula is C17H29N3. The van der Waals surface area contributed by atoms with E-state index in [2.05, 4.69) is 55.0 Å². The molecule has 2 heterocycles. The minimum atomic E-state index is 0.240. The fourth-order valence-electron chi connectivity index (χ4n) is 3.00. The molecule has 0 aliphatic carbocycles. The van der Waals surface area contributed by atoms with Gasteiger partial charge in [-0.1, -0.05) is 26.8 Å². The molecule has 2 unspecified atom stereocenters. The van der Waals surface area contributed by atoms with Gasteiger partial charge in [0.1, 0.15) is 0 Å². The van der Waals surface area contributed by atoms with Crippen LogP contribution < -0.4 is 5.32 Å². The molecule has 1 aliphatic heterocycles. The van der Waals surface area contributed by atoms with E-state index >= 15 is 0 Å². The van der Waals surface area contributed by atoms with Gasteiger partial charge in [-0.15, -0.1) is 0 Å². The first-order valence-electron chi connectivity index (χ1n) is 7.84. The Labute approximate surface area is 123 Å². The molecule has 1 saturated heterocycles. The highest BCUT2D eigenvalue weighted by Crippen LogP contribution is 2.24. The Kier molecular flexibility index (Phi) is 4.82. The van der Waals surface area contributed by atoms with Gasteiger partial charge >= 0.3 is 0 Å². The lowest BCUT2D eigenvalue weighted by Crippen LogP contribution is -2.63. The highest BCUT2D eigenvalue weighted by atomic mass is 15.3. The fourth-order valence-corrected chi connectivity index (χ4v) is 3.00. The minimum Gasteiger partial charge on any atom is -0.309 e. The van der Waals surface area contributed by atoms with Crippen LogP contribution in [-0.4, -0.2) is 34.6 Å². The molecule has 2 rings (SSSR count). The summed E-state index contributed by atoms with van der Waals surface area (Å²) in [6.07, 6.45) is 3.19. The van der Waals surface area contributed by atoms with Crippen molar-refractivity contribution in [1.29, 1.82) is 0 Å². The van der Waals surface area contributed by atoms with Gasteiger partial charge in [-0.05, 0) is 37.8 Å². The Morgan fingerprint density at radius 1 is 1.45 bits per heavy atom. The molecule has 0 aromatic carbocycles.